The molecule has 0 saturated carbocycles. The van der Waals surface area contributed by atoms with Gasteiger partial charge in [-0.25, -0.2) is 0 Å². The Hall–Kier alpha value is -1.74. The van der Waals surface area contributed by atoms with Gasteiger partial charge in [0, 0.05) is 26.8 Å². The molecule has 0 spiro atoms. The van der Waals surface area contributed by atoms with E-state index >= 15 is 0 Å². The van der Waals surface area contributed by atoms with Crippen LogP contribution in [-0.4, -0.2) is 37.4 Å². The predicted octanol–water partition coefficient (Wildman–Crippen LogP) is 3.23. The standard InChI is InChI=1S/C13H14Cl2F3N5O/c1-4-23-5-7(14)8(19-23)6-21(2)12(24)10-9(15)11(13(16,17)18)20-22(10)3/h5H,4,6H2,1-3H3. The number of hydrogen-bond donors (Lipinski definition) is 0. The van der Waals surface area contributed by atoms with E-state index in [1.165, 1.54) is 19.0 Å². The fourth-order valence-corrected chi connectivity index (χ4v) is 2.65. The summed E-state index contributed by atoms with van der Waals surface area (Å²) >= 11 is 11.7. The van der Waals surface area contributed by atoms with Crippen LogP contribution in [-0.2, 0) is 26.3 Å². The summed E-state index contributed by atoms with van der Waals surface area (Å²) < 4.78 is 40.9. The monoisotopic (exact) mass is 383 g/mol. The third-order valence-corrected chi connectivity index (χ3v) is 3.98. The first-order valence-electron chi connectivity index (χ1n) is 6.83. The Morgan fingerprint density at radius 3 is 2.42 bits per heavy atom. The fourth-order valence-electron chi connectivity index (χ4n) is 2.09. The summed E-state index contributed by atoms with van der Waals surface area (Å²) in [5, 5.41) is 7.12. The summed E-state index contributed by atoms with van der Waals surface area (Å²) in [5.74, 6) is -0.715. The zero-order valence-electron chi connectivity index (χ0n) is 13.0. The molecule has 0 N–H and O–H groups in total. The third kappa shape index (κ3) is 3.51. The molecule has 0 saturated heterocycles. The topological polar surface area (TPSA) is 56.0 Å². The highest BCUT2D eigenvalue weighted by atomic mass is 35.5. The van der Waals surface area contributed by atoms with E-state index in [9.17, 15) is 18.0 Å². The number of alkyl halides is 3. The van der Waals surface area contributed by atoms with Crippen LogP contribution in [0.5, 0.6) is 0 Å². The highest BCUT2D eigenvalue weighted by Gasteiger charge is 2.40. The molecular weight excluding hydrogens is 370 g/mol. The van der Waals surface area contributed by atoms with Crippen LogP contribution >= 0.6 is 23.2 Å². The number of carbonyl (C=O) groups is 1. The summed E-state index contributed by atoms with van der Waals surface area (Å²) in [7, 11) is 2.64. The molecule has 2 aromatic heterocycles. The van der Waals surface area contributed by atoms with Crippen molar-refractivity contribution in [2.45, 2.75) is 26.2 Å². The van der Waals surface area contributed by atoms with Gasteiger partial charge in [0.15, 0.2) is 5.69 Å². The van der Waals surface area contributed by atoms with Gasteiger partial charge in [-0.05, 0) is 6.92 Å². The molecule has 0 bridgehead atoms. The fraction of sp³-hybridized carbons (Fsp3) is 0.462. The third-order valence-electron chi connectivity index (χ3n) is 3.31. The van der Waals surface area contributed by atoms with Crippen LogP contribution in [0.25, 0.3) is 0 Å². The van der Waals surface area contributed by atoms with Crippen molar-refractivity contribution in [3.63, 3.8) is 0 Å². The molecule has 0 atom stereocenters. The molecule has 0 fully saturated rings. The average molecular weight is 384 g/mol. The second-order valence-electron chi connectivity index (χ2n) is 5.07. The molecule has 0 aliphatic rings. The molecule has 132 valence electrons. The van der Waals surface area contributed by atoms with Crippen LogP contribution in [0, 0.1) is 0 Å². The lowest BCUT2D eigenvalue weighted by atomic mass is 10.3. The van der Waals surface area contributed by atoms with Crippen molar-refractivity contribution >= 4 is 29.1 Å². The average Bonchev–Trinajstić information content (AvgIpc) is 2.98. The minimum atomic E-state index is -4.74. The van der Waals surface area contributed by atoms with Crippen molar-refractivity contribution in [1.82, 2.24) is 24.5 Å². The number of aryl methyl sites for hydroxylation is 2. The Morgan fingerprint density at radius 1 is 1.33 bits per heavy atom. The number of hydrogen-bond acceptors (Lipinski definition) is 3. The van der Waals surface area contributed by atoms with Crippen LogP contribution in [0.1, 0.15) is 28.8 Å². The van der Waals surface area contributed by atoms with Gasteiger partial charge >= 0.3 is 6.18 Å². The second kappa shape index (κ2) is 6.64. The Morgan fingerprint density at radius 2 is 1.96 bits per heavy atom. The van der Waals surface area contributed by atoms with Crippen LogP contribution in [0.2, 0.25) is 10.0 Å². The molecule has 11 heteroatoms. The van der Waals surface area contributed by atoms with Gasteiger partial charge in [0.1, 0.15) is 16.4 Å². The smallest absolute Gasteiger partial charge is 0.334 e. The molecule has 1 amide bonds. The first-order valence-corrected chi connectivity index (χ1v) is 7.58. The number of halogens is 5. The largest absolute Gasteiger partial charge is 0.436 e. The van der Waals surface area contributed by atoms with Gasteiger partial charge in [0.25, 0.3) is 5.91 Å². The second-order valence-corrected chi connectivity index (χ2v) is 5.86. The van der Waals surface area contributed by atoms with Gasteiger partial charge in [0.2, 0.25) is 0 Å². The van der Waals surface area contributed by atoms with Crippen LogP contribution < -0.4 is 0 Å². The van der Waals surface area contributed by atoms with E-state index in [4.69, 9.17) is 23.2 Å². The van der Waals surface area contributed by atoms with Gasteiger partial charge in [-0.2, -0.15) is 23.4 Å². The Bertz CT molecular complexity index is 768. The Labute approximate surface area is 145 Å². The molecular formula is C13H14Cl2F3N5O. The first kappa shape index (κ1) is 18.6. The molecule has 0 unspecified atom stereocenters. The van der Waals surface area contributed by atoms with Crippen molar-refractivity contribution in [2.24, 2.45) is 7.05 Å². The van der Waals surface area contributed by atoms with Crippen molar-refractivity contribution in [2.75, 3.05) is 7.05 Å². The van der Waals surface area contributed by atoms with Gasteiger partial charge in [-0.3, -0.25) is 14.2 Å². The van der Waals surface area contributed by atoms with E-state index < -0.39 is 22.8 Å². The number of nitrogens with zero attached hydrogens (tertiary/aromatic N) is 5. The molecule has 0 aromatic carbocycles. The quantitative estimate of drug-likeness (QED) is 0.814. The lowest BCUT2D eigenvalue weighted by Crippen LogP contribution is -2.28. The maximum Gasteiger partial charge on any atom is 0.436 e. The summed E-state index contributed by atoms with van der Waals surface area (Å²) in [6.45, 7) is 2.49. The molecule has 2 aromatic rings. The highest BCUT2D eigenvalue weighted by molar-refractivity contribution is 6.34. The summed E-state index contributed by atoms with van der Waals surface area (Å²) in [5.41, 5.74) is -1.21. The molecule has 2 heterocycles. The lowest BCUT2D eigenvalue weighted by molar-refractivity contribution is -0.141. The van der Waals surface area contributed by atoms with E-state index in [1.54, 1.807) is 10.9 Å². The maximum atomic E-state index is 12.8. The van der Waals surface area contributed by atoms with E-state index in [0.29, 0.717) is 17.3 Å². The van der Waals surface area contributed by atoms with E-state index in [1.807, 2.05) is 6.92 Å². The number of rotatable bonds is 4. The van der Waals surface area contributed by atoms with Gasteiger partial charge in [-0.1, -0.05) is 23.2 Å². The Balaban J connectivity index is 2.28. The summed E-state index contributed by atoms with van der Waals surface area (Å²) in [4.78, 5) is 13.6. The molecule has 0 aliphatic carbocycles. The van der Waals surface area contributed by atoms with Crippen molar-refractivity contribution in [3.05, 3.63) is 33.3 Å². The number of aromatic nitrogens is 4. The number of amides is 1. The van der Waals surface area contributed by atoms with Gasteiger partial charge in [-0.15, -0.1) is 0 Å². The first-order chi connectivity index (χ1) is 11.1. The Kier molecular flexibility index (Phi) is 5.14. The molecule has 24 heavy (non-hydrogen) atoms. The van der Waals surface area contributed by atoms with Gasteiger partial charge < -0.3 is 4.90 Å². The van der Waals surface area contributed by atoms with E-state index in [0.717, 1.165) is 4.68 Å². The van der Waals surface area contributed by atoms with E-state index in [-0.39, 0.29) is 12.2 Å². The van der Waals surface area contributed by atoms with Gasteiger partial charge in [0.05, 0.1) is 11.6 Å². The number of carbonyl (C=O) groups excluding carboxylic acids is 1. The minimum absolute atomic E-state index is 0.0214. The molecule has 0 aliphatic heterocycles. The molecule has 2 rings (SSSR count). The normalized spacial score (nSPS) is 11.8. The summed E-state index contributed by atoms with van der Waals surface area (Å²) in [6, 6.07) is 0. The zero-order chi connectivity index (χ0) is 18.2. The van der Waals surface area contributed by atoms with Crippen molar-refractivity contribution < 1.29 is 18.0 Å². The maximum absolute atomic E-state index is 12.8. The van der Waals surface area contributed by atoms with Crippen LogP contribution in [0.15, 0.2) is 6.20 Å². The molecule has 6 nitrogen and oxygen atoms in total. The predicted molar refractivity (Wildman–Crippen MR) is 81.9 cm³/mol. The van der Waals surface area contributed by atoms with Crippen LogP contribution in [0.3, 0.4) is 0 Å². The van der Waals surface area contributed by atoms with Crippen LogP contribution in [0.4, 0.5) is 13.2 Å². The lowest BCUT2D eigenvalue weighted by Gasteiger charge is -2.16. The van der Waals surface area contributed by atoms with Crippen molar-refractivity contribution in [1.29, 1.82) is 0 Å². The zero-order valence-corrected chi connectivity index (χ0v) is 14.5. The van der Waals surface area contributed by atoms with E-state index in [2.05, 4.69) is 10.2 Å². The minimum Gasteiger partial charge on any atom is -0.334 e. The SMILES string of the molecule is CCn1cc(Cl)c(CN(C)C(=O)c2c(Cl)c(C(F)(F)F)nn2C)n1. The van der Waals surface area contributed by atoms with Crippen molar-refractivity contribution in [3.8, 4) is 0 Å². The summed E-state index contributed by atoms with van der Waals surface area (Å²) in [6.07, 6.45) is -3.14. The highest BCUT2D eigenvalue weighted by Crippen LogP contribution is 2.35. The molecule has 0 radical (unpaired) electrons.